The zero-order chi connectivity index (χ0) is 22.1. The van der Waals surface area contributed by atoms with Gasteiger partial charge in [0.1, 0.15) is 5.75 Å². The van der Waals surface area contributed by atoms with Gasteiger partial charge in [0, 0.05) is 18.7 Å². The molecule has 1 aliphatic rings. The van der Waals surface area contributed by atoms with Crippen molar-refractivity contribution in [1.82, 2.24) is 25.0 Å². The first-order chi connectivity index (χ1) is 15.6. The average Bonchev–Trinajstić information content (AvgIpc) is 3.22. The molecule has 0 atom stereocenters. The number of carboxylic acid groups (broad SMARTS) is 1. The molecular formula is C22H20N6O4. The van der Waals surface area contributed by atoms with Crippen molar-refractivity contribution < 1.29 is 19.7 Å². The van der Waals surface area contributed by atoms with Crippen LogP contribution in [0.1, 0.15) is 15.9 Å². The molecule has 4 aromatic rings. The number of aromatic carboxylic acids is 1. The largest absolute Gasteiger partial charge is 0.508 e. The summed E-state index contributed by atoms with van der Waals surface area (Å²) in [5.41, 5.74) is 2.91. The summed E-state index contributed by atoms with van der Waals surface area (Å²) < 4.78 is 7.14. The van der Waals surface area contributed by atoms with Gasteiger partial charge < -0.3 is 19.8 Å². The first kappa shape index (κ1) is 19.9. The highest BCUT2D eigenvalue weighted by Gasteiger charge is 2.22. The van der Waals surface area contributed by atoms with Crippen LogP contribution in [0.5, 0.6) is 5.75 Å². The van der Waals surface area contributed by atoms with Crippen LogP contribution in [0.3, 0.4) is 0 Å². The summed E-state index contributed by atoms with van der Waals surface area (Å²) in [6.07, 6.45) is 0. The van der Waals surface area contributed by atoms with E-state index < -0.39 is 5.97 Å². The van der Waals surface area contributed by atoms with Gasteiger partial charge >= 0.3 is 5.97 Å². The third-order valence-corrected chi connectivity index (χ3v) is 5.29. The van der Waals surface area contributed by atoms with Gasteiger partial charge in [0.2, 0.25) is 0 Å². The maximum atomic E-state index is 11.1. The fourth-order valence-electron chi connectivity index (χ4n) is 3.64. The van der Waals surface area contributed by atoms with Crippen molar-refractivity contribution >= 4 is 23.0 Å². The molecular weight excluding hydrogens is 412 g/mol. The number of ether oxygens (including phenoxy) is 1. The van der Waals surface area contributed by atoms with Crippen molar-refractivity contribution in [3.05, 3.63) is 59.7 Å². The number of aromatic nitrogens is 5. The standard InChI is InChI=1S/C22H20N6O4/c29-17-3-1-2-16(12-17)19-23-20(27-8-10-32-11-9-27)18-21(24-19)28(26-25-18)13-14-4-6-15(7-5-14)22(30)31/h1-7,12,29H,8-11,13H2,(H,30,31). The van der Waals surface area contributed by atoms with Crippen LogP contribution in [0.15, 0.2) is 48.5 Å². The normalized spacial score (nSPS) is 14.1. The summed E-state index contributed by atoms with van der Waals surface area (Å²) >= 11 is 0. The Bertz CT molecular complexity index is 1280. The second kappa shape index (κ2) is 8.23. The average molecular weight is 432 g/mol. The molecule has 2 N–H and O–H groups in total. The molecule has 162 valence electrons. The second-order valence-electron chi connectivity index (χ2n) is 7.44. The van der Waals surface area contributed by atoms with Gasteiger partial charge in [0.15, 0.2) is 22.8 Å². The Hall–Kier alpha value is -4.05. The van der Waals surface area contributed by atoms with Crippen molar-refractivity contribution in [2.24, 2.45) is 0 Å². The predicted molar refractivity (Wildman–Crippen MR) is 116 cm³/mol. The van der Waals surface area contributed by atoms with E-state index in [9.17, 15) is 9.90 Å². The van der Waals surface area contributed by atoms with Gasteiger partial charge in [-0.2, -0.15) is 0 Å². The molecule has 10 nitrogen and oxygen atoms in total. The van der Waals surface area contributed by atoms with Crippen LogP contribution in [0, 0.1) is 0 Å². The molecule has 0 radical (unpaired) electrons. The van der Waals surface area contributed by atoms with E-state index in [1.807, 2.05) is 6.07 Å². The van der Waals surface area contributed by atoms with Gasteiger partial charge in [0.25, 0.3) is 0 Å². The van der Waals surface area contributed by atoms with Crippen LogP contribution in [-0.4, -0.2) is 67.4 Å². The van der Waals surface area contributed by atoms with E-state index in [-0.39, 0.29) is 11.3 Å². The Kier molecular flexibility index (Phi) is 5.12. The predicted octanol–water partition coefficient (Wildman–Crippen LogP) is 2.18. The monoisotopic (exact) mass is 432 g/mol. The molecule has 5 rings (SSSR count). The second-order valence-corrected chi connectivity index (χ2v) is 7.44. The van der Waals surface area contributed by atoms with Gasteiger partial charge in [-0.15, -0.1) is 5.10 Å². The van der Waals surface area contributed by atoms with Crippen molar-refractivity contribution in [3.8, 4) is 17.1 Å². The fourth-order valence-corrected chi connectivity index (χ4v) is 3.64. The van der Waals surface area contributed by atoms with E-state index in [0.717, 1.165) is 5.56 Å². The van der Waals surface area contributed by atoms with E-state index in [2.05, 4.69) is 15.2 Å². The molecule has 0 aliphatic carbocycles. The fraction of sp³-hybridized carbons (Fsp3) is 0.227. The number of hydrogen-bond donors (Lipinski definition) is 2. The maximum Gasteiger partial charge on any atom is 0.335 e. The van der Waals surface area contributed by atoms with Crippen LogP contribution in [-0.2, 0) is 11.3 Å². The number of anilines is 1. The number of phenols is 1. The zero-order valence-corrected chi connectivity index (χ0v) is 17.0. The Balaban J connectivity index is 1.60. The minimum absolute atomic E-state index is 0.129. The Labute approximate surface area is 182 Å². The molecule has 3 heterocycles. The Morgan fingerprint density at radius 3 is 2.56 bits per heavy atom. The molecule has 0 unspecified atom stereocenters. The SMILES string of the molecule is O=C(O)c1ccc(Cn2nnc3c(N4CCOCC4)nc(-c4cccc(O)c4)nc32)cc1. The molecule has 0 amide bonds. The van der Waals surface area contributed by atoms with Gasteiger partial charge in [-0.05, 0) is 29.8 Å². The van der Waals surface area contributed by atoms with Crippen LogP contribution >= 0.6 is 0 Å². The highest BCUT2D eigenvalue weighted by Crippen LogP contribution is 2.28. The first-order valence-electron chi connectivity index (χ1n) is 10.1. The third-order valence-electron chi connectivity index (χ3n) is 5.29. The minimum atomic E-state index is -0.971. The molecule has 0 bridgehead atoms. The number of hydrogen-bond acceptors (Lipinski definition) is 8. The van der Waals surface area contributed by atoms with E-state index in [1.165, 1.54) is 0 Å². The first-order valence-corrected chi connectivity index (χ1v) is 10.1. The van der Waals surface area contributed by atoms with Crippen molar-refractivity contribution in [3.63, 3.8) is 0 Å². The molecule has 1 saturated heterocycles. The maximum absolute atomic E-state index is 11.1. The number of benzene rings is 2. The minimum Gasteiger partial charge on any atom is -0.508 e. The summed E-state index contributed by atoms with van der Waals surface area (Å²) in [4.78, 5) is 22.7. The molecule has 2 aromatic carbocycles. The topological polar surface area (TPSA) is 126 Å². The molecule has 2 aromatic heterocycles. The number of carbonyl (C=O) groups is 1. The van der Waals surface area contributed by atoms with Gasteiger partial charge in [-0.25, -0.2) is 19.4 Å². The van der Waals surface area contributed by atoms with Crippen LogP contribution in [0.4, 0.5) is 5.82 Å². The molecule has 1 aliphatic heterocycles. The van der Waals surface area contributed by atoms with E-state index in [4.69, 9.17) is 19.8 Å². The number of aromatic hydroxyl groups is 1. The quantitative estimate of drug-likeness (QED) is 0.488. The summed E-state index contributed by atoms with van der Waals surface area (Å²) in [5, 5.41) is 27.7. The Morgan fingerprint density at radius 1 is 1.06 bits per heavy atom. The van der Waals surface area contributed by atoms with Crippen molar-refractivity contribution in [2.45, 2.75) is 6.54 Å². The summed E-state index contributed by atoms with van der Waals surface area (Å²) in [6.45, 7) is 2.91. The summed E-state index contributed by atoms with van der Waals surface area (Å²) in [6, 6.07) is 13.4. The summed E-state index contributed by atoms with van der Waals surface area (Å²) in [7, 11) is 0. The summed E-state index contributed by atoms with van der Waals surface area (Å²) in [5.74, 6) is 0.287. The number of rotatable bonds is 5. The molecule has 0 saturated carbocycles. The molecule has 0 spiro atoms. The number of carboxylic acids is 1. The third kappa shape index (κ3) is 3.83. The van der Waals surface area contributed by atoms with Crippen LogP contribution in [0.25, 0.3) is 22.6 Å². The highest BCUT2D eigenvalue weighted by atomic mass is 16.5. The lowest BCUT2D eigenvalue weighted by molar-refractivity contribution is 0.0697. The lowest BCUT2D eigenvalue weighted by atomic mass is 10.1. The van der Waals surface area contributed by atoms with Crippen LogP contribution < -0.4 is 4.90 Å². The lowest BCUT2D eigenvalue weighted by Crippen LogP contribution is -2.37. The van der Waals surface area contributed by atoms with Crippen LogP contribution in [0.2, 0.25) is 0 Å². The van der Waals surface area contributed by atoms with Crippen molar-refractivity contribution in [2.75, 3.05) is 31.2 Å². The zero-order valence-electron chi connectivity index (χ0n) is 17.0. The van der Waals surface area contributed by atoms with Gasteiger partial charge in [-0.1, -0.05) is 29.5 Å². The van der Waals surface area contributed by atoms with E-state index >= 15 is 0 Å². The molecule has 10 heteroatoms. The lowest BCUT2D eigenvalue weighted by Gasteiger charge is -2.28. The number of phenolic OH excluding ortho intramolecular Hbond substituents is 1. The number of nitrogens with zero attached hydrogens (tertiary/aromatic N) is 6. The van der Waals surface area contributed by atoms with E-state index in [0.29, 0.717) is 61.2 Å². The highest BCUT2D eigenvalue weighted by molar-refractivity contribution is 5.87. The Morgan fingerprint density at radius 2 is 1.84 bits per heavy atom. The number of fused-ring (bicyclic) bond motifs is 1. The van der Waals surface area contributed by atoms with E-state index in [1.54, 1.807) is 47.1 Å². The smallest absolute Gasteiger partial charge is 0.335 e. The van der Waals surface area contributed by atoms with Crippen molar-refractivity contribution in [1.29, 1.82) is 0 Å². The molecule has 1 fully saturated rings. The molecule has 32 heavy (non-hydrogen) atoms. The number of morpholine rings is 1. The van der Waals surface area contributed by atoms with Gasteiger partial charge in [0.05, 0.1) is 25.3 Å². The van der Waals surface area contributed by atoms with Gasteiger partial charge in [-0.3, -0.25) is 0 Å².